The van der Waals surface area contributed by atoms with E-state index in [9.17, 15) is 0 Å². The monoisotopic (exact) mass is 243 g/mol. The Kier molecular flexibility index (Phi) is 4.67. The molecule has 0 aliphatic carbocycles. The van der Waals surface area contributed by atoms with Crippen LogP contribution in [0.15, 0.2) is 36.5 Å². The molecular formula is C15H21N3. The summed E-state index contributed by atoms with van der Waals surface area (Å²) in [6.45, 7) is 7.33. The van der Waals surface area contributed by atoms with Gasteiger partial charge in [-0.3, -0.25) is 4.98 Å². The van der Waals surface area contributed by atoms with E-state index < -0.39 is 0 Å². The minimum atomic E-state index is 0.357. The second kappa shape index (κ2) is 6.47. The minimum Gasteiger partial charge on any atom is -0.316 e. The first-order chi connectivity index (χ1) is 8.81. The molecule has 3 nitrogen and oxygen atoms in total. The molecule has 0 spiro atoms. The van der Waals surface area contributed by atoms with Gasteiger partial charge in [-0.1, -0.05) is 25.1 Å². The SMILES string of the molecule is CCNCCNC(C)c1ccc2cccnc2c1. The number of fused-ring (bicyclic) bond motifs is 1. The fourth-order valence-electron chi connectivity index (χ4n) is 2.02. The summed E-state index contributed by atoms with van der Waals surface area (Å²) in [6, 6.07) is 10.9. The molecule has 3 heteroatoms. The van der Waals surface area contributed by atoms with Crippen LogP contribution in [0, 0.1) is 0 Å². The van der Waals surface area contributed by atoms with Crippen molar-refractivity contribution in [3.8, 4) is 0 Å². The molecule has 1 atom stereocenters. The second-order valence-corrected chi connectivity index (χ2v) is 4.48. The van der Waals surface area contributed by atoms with Crippen molar-refractivity contribution in [2.45, 2.75) is 19.9 Å². The minimum absolute atomic E-state index is 0.357. The summed E-state index contributed by atoms with van der Waals surface area (Å²) in [7, 11) is 0. The number of nitrogens with zero attached hydrogens (tertiary/aromatic N) is 1. The third-order valence-electron chi connectivity index (χ3n) is 3.13. The summed E-state index contributed by atoms with van der Waals surface area (Å²) in [4.78, 5) is 4.39. The maximum Gasteiger partial charge on any atom is 0.0705 e. The number of rotatable bonds is 6. The average molecular weight is 243 g/mol. The van der Waals surface area contributed by atoms with Crippen molar-refractivity contribution in [3.63, 3.8) is 0 Å². The van der Waals surface area contributed by atoms with Crippen LogP contribution in [0.25, 0.3) is 10.9 Å². The van der Waals surface area contributed by atoms with Crippen molar-refractivity contribution in [1.29, 1.82) is 0 Å². The van der Waals surface area contributed by atoms with E-state index in [0.717, 1.165) is 25.2 Å². The molecule has 0 bridgehead atoms. The van der Waals surface area contributed by atoms with E-state index in [1.54, 1.807) is 0 Å². The zero-order valence-corrected chi connectivity index (χ0v) is 11.1. The Morgan fingerprint density at radius 1 is 1.22 bits per heavy atom. The molecule has 96 valence electrons. The number of pyridine rings is 1. The van der Waals surface area contributed by atoms with Crippen LogP contribution in [-0.2, 0) is 0 Å². The number of benzene rings is 1. The molecule has 0 saturated carbocycles. The zero-order chi connectivity index (χ0) is 12.8. The van der Waals surface area contributed by atoms with Crippen molar-refractivity contribution in [2.24, 2.45) is 0 Å². The smallest absolute Gasteiger partial charge is 0.0705 e. The maximum absolute atomic E-state index is 4.39. The molecule has 0 fully saturated rings. The predicted octanol–water partition coefficient (Wildman–Crippen LogP) is 2.49. The summed E-state index contributed by atoms with van der Waals surface area (Å²) in [5.74, 6) is 0. The highest BCUT2D eigenvalue weighted by Crippen LogP contribution is 2.18. The van der Waals surface area contributed by atoms with Crippen LogP contribution in [0.3, 0.4) is 0 Å². The van der Waals surface area contributed by atoms with Crippen molar-refractivity contribution in [3.05, 3.63) is 42.1 Å². The number of nitrogens with one attached hydrogen (secondary N) is 2. The number of hydrogen-bond acceptors (Lipinski definition) is 3. The lowest BCUT2D eigenvalue weighted by atomic mass is 10.1. The molecule has 18 heavy (non-hydrogen) atoms. The standard InChI is InChI=1S/C15H21N3/c1-3-16-9-10-17-12(2)14-7-6-13-5-4-8-18-15(13)11-14/h4-8,11-12,16-17H,3,9-10H2,1-2H3. The third kappa shape index (κ3) is 3.28. The van der Waals surface area contributed by atoms with Crippen LogP contribution >= 0.6 is 0 Å². The molecule has 2 N–H and O–H groups in total. The van der Waals surface area contributed by atoms with Gasteiger partial charge in [0, 0.05) is 30.7 Å². The van der Waals surface area contributed by atoms with E-state index in [1.807, 2.05) is 12.3 Å². The van der Waals surface area contributed by atoms with Gasteiger partial charge in [-0.15, -0.1) is 0 Å². The van der Waals surface area contributed by atoms with Gasteiger partial charge in [-0.25, -0.2) is 0 Å². The van der Waals surface area contributed by atoms with Crippen LogP contribution in [0.1, 0.15) is 25.5 Å². The number of aromatic nitrogens is 1. The van der Waals surface area contributed by atoms with Gasteiger partial charge in [-0.05, 0) is 31.2 Å². The average Bonchev–Trinajstić information content (AvgIpc) is 2.43. The Balaban J connectivity index is 2.01. The van der Waals surface area contributed by atoms with E-state index in [0.29, 0.717) is 6.04 Å². The highest BCUT2D eigenvalue weighted by Gasteiger charge is 2.05. The van der Waals surface area contributed by atoms with E-state index >= 15 is 0 Å². The van der Waals surface area contributed by atoms with E-state index in [1.165, 1.54) is 10.9 Å². The summed E-state index contributed by atoms with van der Waals surface area (Å²) in [5, 5.41) is 8.01. The lowest BCUT2D eigenvalue weighted by Gasteiger charge is -2.14. The molecule has 0 aliphatic heterocycles. The molecule has 0 aliphatic rings. The van der Waals surface area contributed by atoms with Gasteiger partial charge < -0.3 is 10.6 Å². The first kappa shape index (κ1) is 13.0. The van der Waals surface area contributed by atoms with Gasteiger partial charge in [0.1, 0.15) is 0 Å². The van der Waals surface area contributed by atoms with E-state index in [4.69, 9.17) is 0 Å². The van der Waals surface area contributed by atoms with Crippen LogP contribution in [0.2, 0.25) is 0 Å². The quantitative estimate of drug-likeness (QED) is 0.765. The lowest BCUT2D eigenvalue weighted by Crippen LogP contribution is -2.29. The normalized spacial score (nSPS) is 12.8. The van der Waals surface area contributed by atoms with Crippen molar-refractivity contribution >= 4 is 10.9 Å². The van der Waals surface area contributed by atoms with E-state index in [2.05, 4.69) is 53.7 Å². The van der Waals surface area contributed by atoms with Gasteiger partial charge in [0.05, 0.1) is 5.52 Å². The maximum atomic E-state index is 4.39. The topological polar surface area (TPSA) is 37.0 Å². The number of likely N-dealkylation sites (N-methyl/N-ethyl adjacent to an activating group) is 1. The number of hydrogen-bond donors (Lipinski definition) is 2. The summed E-state index contributed by atoms with van der Waals surface area (Å²) >= 11 is 0. The predicted molar refractivity (Wildman–Crippen MR) is 76.7 cm³/mol. The highest BCUT2D eigenvalue weighted by molar-refractivity contribution is 5.78. The first-order valence-electron chi connectivity index (χ1n) is 6.60. The van der Waals surface area contributed by atoms with Crippen molar-refractivity contribution in [2.75, 3.05) is 19.6 Å². The molecule has 2 rings (SSSR count). The molecule has 1 aromatic carbocycles. The largest absolute Gasteiger partial charge is 0.316 e. The molecule has 0 amide bonds. The Bertz CT molecular complexity index is 496. The molecule has 1 aromatic heterocycles. The van der Waals surface area contributed by atoms with Crippen LogP contribution in [0.5, 0.6) is 0 Å². The van der Waals surface area contributed by atoms with Gasteiger partial charge in [-0.2, -0.15) is 0 Å². The molecule has 0 saturated heterocycles. The fourth-order valence-corrected chi connectivity index (χ4v) is 2.02. The Labute approximate surface area is 109 Å². The first-order valence-corrected chi connectivity index (χ1v) is 6.60. The Morgan fingerprint density at radius 3 is 2.94 bits per heavy atom. The van der Waals surface area contributed by atoms with Crippen LogP contribution in [-0.4, -0.2) is 24.6 Å². The molecule has 2 aromatic rings. The van der Waals surface area contributed by atoms with Crippen LogP contribution < -0.4 is 10.6 Å². The lowest BCUT2D eigenvalue weighted by molar-refractivity contribution is 0.552. The van der Waals surface area contributed by atoms with Gasteiger partial charge >= 0.3 is 0 Å². The highest BCUT2D eigenvalue weighted by atomic mass is 15.0. The van der Waals surface area contributed by atoms with Crippen molar-refractivity contribution in [1.82, 2.24) is 15.6 Å². The molecule has 1 heterocycles. The Hall–Kier alpha value is -1.45. The van der Waals surface area contributed by atoms with Crippen LogP contribution in [0.4, 0.5) is 0 Å². The second-order valence-electron chi connectivity index (χ2n) is 4.48. The Morgan fingerprint density at radius 2 is 2.11 bits per heavy atom. The molecular weight excluding hydrogens is 222 g/mol. The van der Waals surface area contributed by atoms with Crippen molar-refractivity contribution < 1.29 is 0 Å². The summed E-state index contributed by atoms with van der Waals surface area (Å²) in [6.07, 6.45) is 1.84. The fraction of sp³-hybridized carbons (Fsp3) is 0.400. The zero-order valence-electron chi connectivity index (χ0n) is 11.1. The summed E-state index contributed by atoms with van der Waals surface area (Å²) in [5.41, 5.74) is 2.35. The van der Waals surface area contributed by atoms with Gasteiger partial charge in [0.2, 0.25) is 0 Å². The van der Waals surface area contributed by atoms with Gasteiger partial charge in [0.25, 0.3) is 0 Å². The van der Waals surface area contributed by atoms with Gasteiger partial charge in [0.15, 0.2) is 0 Å². The molecule has 0 radical (unpaired) electrons. The summed E-state index contributed by atoms with van der Waals surface area (Å²) < 4.78 is 0. The van der Waals surface area contributed by atoms with E-state index in [-0.39, 0.29) is 0 Å². The molecule has 1 unspecified atom stereocenters. The third-order valence-corrected chi connectivity index (χ3v) is 3.13.